The van der Waals surface area contributed by atoms with Gasteiger partial charge in [0.2, 0.25) is 10.0 Å². The van der Waals surface area contributed by atoms with Gasteiger partial charge in [-0.25, -0.2) is 13.8 Å². The van der Waals surface area contributed by atoms with E-state index < -0.39 is 22.5 Å². The molecule has 156 valence electrons. The summed E-state index contributed by atoms with van der Waals surface area (Å²) in [5, 5.41) is 3.91. The summed E-state index contributed by atoms with van der Waals surface area (Å²) in [6.45, 7) is 1.76. The number of hydrazone groups is 1. The molecule has 0 radical (unpaired) electrons. The SMILES string of the molecule is CCOc1ccccc1N(CC(=O)N/N=C\c1ccc(N(C)C)cc1)S(C)(=O)=O. The van der Waals surface area contributed by atoms with Gasteiger partial charge in [0.15, 0.2) is 0 Å². The fraction of sp³-hybridized carbons (Fsp3) is 0.300. The van der Waals surface area contributed by atoms with Crippen molar-refractivity contribution in [3.8, 4) is 5.75 Å². The summed E-state index contributed by atoms with van der Waals surface area (Å²) >= 11 is 0. The predicted molar refractivity (Wildman–Crippen MR) is 116 cm³/mol. The number of ether oxygens (including phenoxy) is 1. The highest BCUT2D eigenvalue weighted by molar-refractivity contribution is 7.92. The maximum absolute atomic E-state index is 12.3. The number of rotatable bonds is 9. The number of carbonyl (C=O) groups excluding carboxylic acids is 1. The molecule has 0 aliphatic heterocycles. The number of hydrogen-bond donors (Lipinski definition) is 1. The third-order valence-electron chi connectivity index (χ3n) is 3.93. The molecular weight excluding hydrogens is 392 g/mol. The number of nitrogens with zero attached hydrogens (tertiary/aromatic N) is 3. The average molecular weight is 419 g/mol. The van der Waals surface area contributed by atoms with E-state index in [0.29, 0.717) is 18.0 Å². The van der Waals surface area contributed by atoms with E-state index >= 15 is 0 Å². The molecule has 1 amide bonds. The van der Waals surface area contributed by atoms with Gasteiger partial charge in [-0.3, -0.25) is 9.10 Å². The number of carbonyl (C=O) groups is 1. The molecule has 0 heterocycles. The Bertz CT molecular complexity index is 957. The van der Waals surface area contributed by atoms with Crippen molar-refractivity contribution < 1.29 is 17.9 Å². The van der Waals surface area contributed by atoms with Crippen LogP contribution in [0.1, 0.15) is 12.5 Å². The monoisotopic (exact) mass is 418 g/mol. The van der Waals surface area contributed by atoms with Crippen molar-refractivity contribution in [3.05, 3.63) is 54.1 Å². The van der Waals surface area contributed by atoms with Crippen LogP contribution >= 0.6 is 0 Å². The summed E-state index contributed by atoms with van der Waals surface area (Å²) in [6, 6.07) is 14.3. The minimum absolute atomic E-state index is 0.301. The van der Waals surface area contributed by atoms with Gasteiger partial charge >= 0.3 is 0 Å². The zero-order valence-electron chi connectivity index (χ0n) is 17.0. The van der Waals surface area contributed by atoms with Crippen LogP contribution in [-0.2, 0) is 14.8 Å². The number of hydrogen-bond acceptors (Lipinski definition) is 6. The number of benzene rings is 2. The van der Waals surface area contributed by atoms with Gasteiger partial charge in [0, 0.05) is 19.8 Å². The highest BCUT2D eigenvalue weighted by atomic mass is 32.2. The van der Waals surface area contributed by atoms with Crippen LogP contribution in [0.25, 0.3) is 0 Å². The molecule has 2 rings (SSSR count). The van der Waals surface area contributed by atoms with Gasteiger partial charge < -0.3 is 9.64 Å². The number of para-hydroxylation sites is 2. The Labute approximate surface area is 171 Å². The van der Waals surface area contributed by atoms with E-state index in [1.807, 2.05) is 43.3 Å². The van der Waals surface area contributed by atoms with Crippen molar-refractivity contribution >= 4 is 33.5 Å². The van der Waals surface area contributed by atoms with Crippen LogP contribution < -0.4 is 19.4 Å². The van der Waals surface area contributed by atoms with Crippen molar-refractivity contribution in [1.82, 2.24) is 5.43 Å². The van der Waals surface area contributed by atoms with E-state index in [4.69, 9.17) is 4.74 Å². The van der Waals surface area contributed by atoms with E-state index in [0.717, 1.165) is 21.8 Å². The van der Waals surface area contributed by atoms with Gasteiger partial charge in [0.05, 0.1) is 24.8 Å². The van der Waals surface area contributed by atoms with E-state index in [2.05, 4.69) is 10.5 Å². The van der Waals surface area contributed by atoms with Crippen LogP contribution in [0.2, 0.25) is 0 Å². The lowest BCUT2D eigenvalue weighted by atomic mass is 10.2. The first kappa shape index (κ1) is 22.2. The molecule has 0 atom stereocenters. The number of sulfonamides is 1. The quantitative estimate of drug-likeness (QED) is 0.497. The summed E-state index contributed by atoms with van der Waals surface area (Å²) in [7, 11) is 0.182. The molecule has 0 saturated heterocycles. The minimum atomic E-state index is -3.71. The highest BCUT2D eigenvalue weighted by Gasteiger charge is 2.23. The fourth-order valence-electron chi connectivity index (χ4n) is 2.52. The molecule has 29 heavy (non-hydrogen) atoms. The first-order valence-electron chi connectivity index (χ1n) is 9.01. The molecular formula is C20H26N4O4S. The average Bonchev–Trinajstić information content (AvgIpc) is 2.66. The van der Waals surface area contributed by atoms with E-state index in [1.54, 1.807) is 31.2 Å². The Morgan fingerprint density at radius 1 is 1.14 bits per heavy atom. The summed E-state index contributed by atoms with van der Waals surface area (Å²) in [5.41, 5.74) is 4.51. The standard InChI is InChI=1S/C20H26N4O4S/c1-5-28-19-9-7-6-8-18(19)24(29(4,26)27)15-20(25)22-21-14-16-10-12-17(13-11-16)23(2)3/h6-14H,5,15H2,1-4H3,(H,22,25)/b21-14-. The topological polar surface area (TPSA) is 91.3 Å². The summed E-state index contributed by atoms with van der Waals surface area (Å²) in [6.07, 6.45) is 2.54. The Morgan fingerprint density at radius 2 is 1.79 bits per heavy atom. The maximum Gasteiger partial charge on any atom is 0.260 e. The Morgan fingerprint density at radius 3 is 2.38 bits per heavy atom. The van der Waals surface area contributed by atoms with E-state index in [1.165, 1.54) is 6.21 Å². The van der Waals surface area contributed by atoms with Crippen LogP contribution in [0, 0.1) is 0 Å². The van der Waals surface area contributed by atoms with Crippen LogP contribution in [0.15, 0.2) is 53.6 Å². The predicted octanol–water partition coefficient (Wildman–Crippen LogP) is 2.07. The molecule has 0 aliphatic rings. The molecule has 9 heteroatoms. The molecule has 0 saturated carbocycles. The molecule has 0 fully saturated rings. The van der Waals surface area contributed by atoms with Crippen LogP contribution in [0.5, 0.6) is 5.75 Å². The normalized spacial score (nSPS) is 11.3. The molecule has 2 aromatic rings. The second kappa shape index (κ2) is 9.92. The fourth-order valence-corrected chi connectivity index (χ4v) is 3.38. The van der Waals surface area contributed by atoms with Crippen molar-refractivity contribution in [3.63, 3.8) is 0 Å². The lowest BCUT2D eigenvalue weighted by Crippen LogP contribution is -2.39. The molecule has 1 N–H and O–H groups in total. The minimum Gasteiger partial charge on any atom is -0.492 e. The van der Waals surface area contributed by atoms with Crippen LogP contribution in [0.3, 0.4) is 0 Å². The van der Waals surface area contributed by atoms with Crippen LogP contribution in [0.4, 0.5) is 11.4 Å². The third kappa shape index (κ3) is 6.49. The Balaban J connectivity index is 2.09. The summed E-state index contributed by atoms with van der Waals surface area (Å²) < 4.78 is 31.0. The van der Waals surface area contributed by atoms with Gasteiger partial charge in [0.25, 0.3) is 5.91 Å². The van der Waals surface area contributed by atoms with Crippen molar-refractivity contribution in [2.45, 2.75) is 6.92 Å². The maximum atomic E-state index is 12.3. The largest absolute Gasteiger partial charge is 0.492 e. The molecule has 0 aliphatic carbocycles. The number of anilines is 2. The van der Waals surface area contributed by atoms with Gasteiger partial charge in [0.1, 0.15) is 12.3 Å². The molecule has 0 aromatic heterocycles. The van der Waals surface area contributed by atoms with Gasteiger partial charge in [-0.15, -0.1) is 0 Å². The zero-order chi connectivity index (χ0) is 21.4. The van der Waals surface area contributed by atoms with Gasteiger partial charge in [-0.05, 0) is 36.8 Å². The molecule has 8 nitrogen and oxygen atoms in total. The first-order valence-corrected chi connectivity index (χ1v) is 10.9. The molecule has 2 aromatic carbocycles. The summed E-state index contributed by atoms with van der Waals surface area (Å²) in [4.78, 5) is 14.3. The molecule has 0 bridgehead atoms. The van der Waals surface area contributed by atoms with Crippen molar-refractivity contribution in [2.75, 3.05) is 42.7 Å². The second-order valence-corrected chi connectivity index (χ2v) is 8.36. The smallest absolute Gasteiger partial charge is 0.260 e. The highest BCUT2D eigenvalue weighted by Crippen LogP contribution is 2.29. The van der Waals surface area contributed by atoms with E-state index in [9.17, 15) is 13.2 Å². The zero-order valence-corrected chi connectivity index (χ0v) is 17.8. The van der Waals surface area contributed by atoms with Gasteiger partial charge in [-0.2, -0.15) is 5.10 Å². The lowest BCUT2D eigenvalue weighted by molar-refractivity contribution is -0.119. The van der Waals surface area contributed by atoms with E-state index in [-0.39, 0.29) is 0 Å². The lowest BCUT2D eigenvalue weighted by Gasteiger charge is -2.23. The van der Waals surface area contributed by atoms with Crippen molar-refractivity contribution in [1.29, 1.82) is 0 Å². The Kier molecular flexibility index (Phi) is 7.60. The molecule has 0 spiro atoms. The second-order valence-electron chi connectivity index (χ2n) is 6.45. The summed E-state index contributed by atoms with van der Waals surface area (Å²) in [5.74, 6) is -0.180. The van der Waals surface area contributed by atoms with Gasteiger partial charge in [-0.1, -0.05) is 24.3 Å². The third-order valence-corrected chi connectivity index (χ3v) is 5.06. The number of nitrogens with one attached hydrogen (secondary N) is 1. The first-order chi connectivity index (χ1) is 13.7. The Hall–Kier alpha value is -3.07. The molecule has 0 unspecified atom stereocenters. The van der Waals surface area contributed by atoms with Crippen molar-refractivity contribution in [2.24, 2.45) is 5.10 Å². The number of amides is 1. The van der Waals surface area contributed by atoms with Crippen LogP contribution in [-0.4, -0.2) is 54.0 Å².